The molecule has 32 heavy (non-hydrogen) atoms. The molecule has 0 amide bonds. The summed E-state index contributed by atoms with van der Waals surface area (Å²) in [5.41, 5.74) is 0. The molecule has 0 fully saturated rings. The maximum atomic E-state index is 11.9. The Labute approximate surface area is 195 Å². The second-order valence-corrected chi connectivity index (χ2v) is 8.47. The fourth-order valence-electron chi connectivity index (χ4n) is 3.57. The Morgan fingerprint density at radius 2 is 1.09 bits per heavy atom. The molecule has 0 saturated carbocycles. The molecule has 0 N–H and O–H groups in total. The zero-order chi connectivity index (χ0) is 23.3. The molecule has 0 aliphatic carbocycles. The number of ether oxygens (including phenoxy) is 3. The minimum atomic E-state index is -0.200. The topological polar surface area (TPSA) is 61.8 Å². The number of carbonyl (C=O) groups excluding carboxylic acids is 2. The van der Waals surface area contributed by atoms with Gasteiger partial charge < -0.3 is 14.2 Å². The largest absolute Gasteiger partial charge is 0.497 e. The number of methoxy groups -OCH3 is 1. The second-order valence-electron chi connectivity index (χ2n) is 8.47. The zero-order valence-electron chi connectivity index (χ0n) is 20.4. The highest BCUT2D eigenvalue weighted by Crippen LogP contribution is 2.18. The van der Waals surface area contributed by atoms with Crippen molar-refractivity contribution in [2.75, 3.05) is 13.7 Å². The van der Waals surface area contributed by atoms with Crippen LogP contribution in [0.4, 0.5) is 0 Å². The lowest BCUT2D eigenvalue weighted by Gasteiger charge is -2.06. The van der Waals surface area contributed by atoms with Crippen LogP contribution < -0.4 is 9.47 Å². The molecular formula is C27H44O5. The number of unbranched alkanes of at least 4 members (excludes halogenated alkanes) is 12. The monoisotopic (exact) mass is 448 g/mol. The van der Waals surface area contributed by atoms with Crippen LogP contribution in [0.2, 0.25) is 0 Å². The van der Waals surface area contributed by atoms with Crippen LogP contribution in [-0.2, 0) is 14.3 Å². The number of esters is 2. The molecule has 0 aliphatic heterocycles. The predicted molar refractivity (Wildman–Crippen MR) is 129 cm³/mol. The summed E-state index contributed by atoms with van der Waals surface area (Å²) >= 11 is 0. The minimum absolute atomic E-state index is 0.0609. The van der Waals surface area contributed by atoms with Crippen LogP contribution in [0.3, 0.4) is 0 Å². The first-order valence-electron chi connectivity index (χ1n) is 12.7. The summed E-state index contributed by atoms with van der Waals surface area (Å²) in [4.78, 5) is 23.6. The van der Waals surface area contributed by atoms with E-state index < -0.39 is 0 Å². The van der Waals surface area contributed by atoms with E-state index in [0.717, 1.165) is 57.1 Å². The van der Waals surface area contributed by atoms with Gasteiger partial charge in [0.1, 0.15) is 11.5 Å². The minimum Gasteiger partial charge on any atom is -0.497 e. The zero-order valence-corrected chi connectivity index (χ0v) is 20.4. The summed E-state index contributed by atoms with van der Waals surface area (Å²) in [6, 6.07) is 7.01. The van der Waals surface area contributed by atoms with Gasteiger partial charge in [0, 0.05) is 12.8 Å². The molecule has 0 aromatic heterocycles. The Bertz CT molecular complexity index is 597. The lowest BCUT2D eigenvalue weighted by molar-refractivity contribution is -0.144. The van der Waals surface area contributed by atoms with Crippen molar-refractivity contribution >= 4 is 11.9 Å². The first-order valence-corrected chi connectivity index (χ1v) is 12.7. The van der Waals surface area contributed by atoms with Gasteiger partial charge in [0.05, 0.1) is 13.7 Å². The second kappa shape index (κ2) is 19.6. The average Bonchev–Trinajstić information content (AvgIpc) is 2.80. The summed E-state index contributed by atoms with van der Waals surface area (Å²) in [5.74, 6) is 1.02. The van der Waals surface area contributed by atoms with Gasteiger partial charge in [-0.15, -0.1) is 0 Å². The molecule has 0 aliphatic rings. The van der Waals surface area contributed by atoms with E-state index in [1.165, 1.54) is 38.5 Å². The highest BCUT2D eigenvalue weighted by molar-refractivity contribution is 5.72. The number of hydrogen-bond acceptors (Lipinski definition) is 5. The summed E-state index contributed by atoms with van der Waals surface area (Å²) in [5, 5.41) is 0. The third-order valence-electron chi connectivity index (χ3n) is 5.56. The lowest BCUT2D eigenvalue weighted by Crippen LogP contribution is -2.07. The lowest BCUT2D eigenvalue weighted by atomic mass is 10.1. The predicted octanol–water partition coefficient (Wildman–Crippen LogP) is 7.41. The summed E-state index contributed by atoms with van der Waals surface area (Å²) in [7, 11) is 1.60. The quantitative estimate of drug-likeness (QED) is 0.118. The van der Waals surface area contributed by atoms with Crippen LogP contribution in [0.5, 0.6) is 11.5 Å². The third kappa shape index (κ3) is 15.7. The maximum Gasteiger partial charge on any atom is 0.311 e. The molecule has 1 rings (SSSR count). The smallest absolute Gasteiger partial charge is 0.311 e. The summed E-state index contributed by atoms with van der Waals surface area (Å²) < 4.78 is 15.7. The molecular weight excluding hydrogens is 404 g/mol. The summed E-state index contributed by atoms with van der Waals surface area (Å²) in [6.07, 6.45) is 16.9. The highest BCUT2D eigenvalue weighted by Gasteiger charge is 2.06. The van der Waals surface area contributed by atoms with Gasteiger partial charge in [-0.05, 0) is 43.5 Å². The molecule has 0 bridgehead atoms. The van der Waals surface area contributed by atoms with Gasteiger partial charge in [-0.25, -0.2) is 0 Å². The van der Waals surface area contributed by atoms with Crippen LogP contribution in [0.15, 0.2) is 24.3 Å². The Morgan fingerprint density at radius 3 is 1.66 bits per heavy atom. The molecule has 1 aromatic rings. The maximum absolute atomic E-state index is 11.9. The molecule has 5 heteroatoms. The Kier molecular flexibility index (Phi) is 17.2. The van der Waals surface area contributed by atoms with E-state index in [-0.39, 0.29) is 11.9 Å². The van der Waals surface area contributed by atoms with Crippen molar-refractivity contribution in [3.05, 3.63) is 24.3 Å². The van der Waals surface area contributed by atoms with Crippen LogP contribution in [0.25, 0.3) is 0 Å². The standard InChI is InChI=1S/C27H44O5/c1-3-4-5-6-7-10-13-16-23-31-26(28)17-14-11-8-9-12-15-18-27(29)32-25-21-19-24(30-2)20-22-25/h19-22H,3-18,23H2,1-2H3. The van der Waals surface area contributed by atoms with E-state index in [2.05, 4.69) is 6.92 Å². The highest BCUT2D eigenvalue weighted by atomic mass is 16.5. The molecule has 5 nitrogen and oxygen atoms in total. The van der Waals surface area contributed by atoms with Gasteiger partial charge in [0.2, 0.25) is 0 Å². The van der Waals surface area contributed by atoms with Crippen molar-refractivity contribution < 1.29 is 23.8 Å². The molecule has 1 aromatic carbocycles. The van der Waals surface area contributed by atoms with E-state index in [0.29, 0.717) is 25.2 Å². The Morgan fingerprint density at radius 1 is 0.625 bits per heavy atom. The van der Waals surface area contributed by atoms with Crippen molar-refractivity contribution in [2.45, 2.75) is 110 Å². The Hall–Kier alpha value is -2.04. The normalized spacial score (nSPS) is 10.7. The summed E-state index contributed by atoms with van der Waals surface area (Å²) in [6.45, 7) is 2.81. The van der Waals surface area contributed by atoms with E-state index >= 15 is 0 Å². The van der Waals surface area contributed by atoms with Crippen LogP contribution in [-0.4, -0.2) is 25.7 Å². The number of rotatable bonds is 20. The molecule has 0 heterocycles. The van der Waals surface area contributed by atoms with Crippen LogP contribution in [0.1, 0.15) is 110 Å². The van der Waals surface area contributed by atoms with Gasteiger partial charge in [-0.2, -0.15) is 0 Å². The van der Waals surface area contributed by atoms with Crippen LogP contribution in [0, 0.1) is 0 Å². The molecule has 0 saturated heterocycles. The number of benzene rings is 1. The fourth-order valence-corrected chi connectivity index (χ4v) is 3.57. The van der Waals surface area contributed by atoms with Gasteiger partial charge in [0.25, 0.3) is 0 Å². The van der Waals surface area contributed by atoms with Crippen molar-refractivity contribution in [2.24, 2.45) is 0 Å². The Balaban J connectivity index is 1.86. The molecule has 182 valence electrons. The third-order valence-corrected chi connectivity index (χ3v) is 5.56. The molecule has 0 atom stereocenters. The van der Waals surface area contributed by atoms with E-state index in [1.54, 1.807) is 31.4 Å². The van der Waals surface area contributed by atoms with Crippen molar-refractivity contribution in [3.8, 4) is 11.5 Å². The van der Waals surface area contributed by atoms with Crippen LogP contribution >= 0.6 is 0 Å². The first kappa shape index (κ1) is 28.0. The van der Waals surface area contributed by atoms with E-state index in [1.807, 2.05) is 0 Å². The molecule has 0 spiro atoms. The average molecular weight is 449 g/mol. The van der Waals surface area contributed by atoms with Crippen molar-refractivity contribution in [1.82, 2.24) is 0 Å². The first-order chi connectivity index (χ1) is 15.7. The van der Waals surface area contributed by atoms with Crippen molar-refractivity contribution in [1.29, 1.82) is 0 Å². The number of hydrogen-bond donors (Lipinski definition) is 0. The molecule has 0 unspecified atom stereocenters. The van der Waals surface area contributed by atoms with Gasteiger partial charge in [0.15, 0.2) is 0 Å². The number of carbonyl (C=O) groups is 2. The molecule has 0 radical (unpaired) electrons. The van der Waals surface area contributed by atoms with E-state index in [9.17, 15) is 9.59 Å². The van der Waals surface area contributed by atoms with Gasteiger partial charge >= 0.3 is 11.9 Å². The van der Waals surface area contributed by atoms with Crippen molar-refractivity contribution in [3.63, 3.8) is 0 Å². The fraction of sp³-hybridized carbons (Fsp3) is 0.704. The SMILES string of the molecule is CCCCCCCCCCOC(=O)CCCCCCCCC(=O)Oc1ccc(OC)cc1. The van der Waals surface area contributed by atoms with Gasteiger partial charge in [-0.3, -0.25) is 9.59 Å². The van der Waals surface area contributed by atoms with Gasteiger partial charge in [-0.1, -0.05) is 77.6 Å². The van der Waals surface area contributed by atoms with E-state index in [4.69, 9.17) is 14.2 Å².